The summed E-state index contributed by atoms with van der Waals surface area (Å²) in [5.41, 5.74) is 1.49. The number of hydrogen-bond acceptors (Lipinski definition) is 5. The van der Waals surface area contributed by atoms with E-state index in [2.05, 4.69) is 9.69 Å². The lowest BCUT2D eigenvalue weighted by molar-refractivity contribution is 0.101. The number of nitrogens with one attached hydrogen (secondary N) is 1. The van der Waals surface area contributed by atoms with Crippen LogP contribution in [0.5, 0.6) is 0 Å². The second-order valence-corrected chi connectivity index (χ2v) is 4.30. The molecule has 4 nitrogen and oxygen atoms in total. The van der Waals surface area contributed by atoms with Crippen LogP contribution in [0.4, 0.5) is 5.00 Å². The third-order valence-corrected chi connectivity index (χ3v) is 2.88. The molecule has 0 fully saturated rings. The summed E-state index contributed by atoms with van der Waals surface area (Å²) in [4.78, 5) is 11.4. The van der Waals surface area contributed by atoms with E-state index in [0.717, 1.165) is 10.7 Å². The summed E-state index contributed by atoms with van der Waals surface area (Å²) in [5.74, 6) is 0.0494. The first-order chi connectivity index (χ1) is 7.06. The first-order valence-electron chi connectivity index (χ1n) is 4.79. The smallest absolute Gasteiger partial charge is 0.164 e. The zero-order valence-corrected chi connectivity index (χ0v) is 10.3. The molecule has 0 saturated carbocycles. The monoisotopic (exact) mass is 228 g/mol. The van der Waals surface area contributed by atoms with Gasteiger partial charge in [0.2, 0.25) is 0 Å². The van der Waals surface area contributed by atoms with E-state index in [1.807, 2.05) is 13.8 Å². The predicted octanol–water partition coefficient (Wildman–Crippen LogP) is 2.10. The van der Waals surface area contributed by atoms with Crippen molar-refractivity contribution in [2.75, 3.05) is 19.0 Å². The molecule has 1 aromatic heterocycles. The minimum absolute atomic E-state index is 0.0494. The molecule has 1 unspecified atom stereocenters. The van der Waals surface area contributed by atoms with E-state index in [4.69, 9.17) is 4.74 Å². The lowest BCUT2D eigenvalue weighted by atomic mass is 10.2. The van der Waals surface area contributed by atoms with Crippen molar-refractivity contribution in [3.63, 3.8) is 0 Å². The van der Waals surface area contributed by atoms with Gasteiger partial charge in [0.25, 0.3) is 0 Å². The summed E-state index contributed by atoms with van der Waals surface area (Å²) >= 11 is 1.32. The van der Waals surface area contributed by atoms with Crippen LogP contribution < -0.4 is 5.32 Å². The molecule has 15 heavy (non-hydrogen) atoms. The molecule has 0 aromatic carbocycles. The Morgan fingerprint density at radius 3 is 2.87 bits per heavy atom. The van der Waals surface area contributed by atoms with Crippen molar-refractivity contribution in [1.82, 2.24) is 4.37 Å². The average Bonchev–Trinajstić information content (AvgIpc) is 2.47. The first-order valence-corrected chi connectivity index (χ1v) is 5.56. The molecule has 1 atom stereocenters. The van der Waals surface area contributed by atoms with Gasteiger partial charge in [0.05, 0.1) is 17.9 Å². The fourth-order valence-corrected chi connectivity index (χ4v) is 2.35. The van der Waals surface area contributed by atoms with E-state index in [1.165, 1.54) is 11.5 Å². The van der Waals surface area contributed by atoms with Gasteiger partial charge < -0.3 is 10.1 Å². The number of Topliss-reactive ketones (excluding diaryl/α,β-unsaturated/α-hetero) is 1. The molecule has 5 heteroatoms. The number of anilines is 1. The Labute approximate surface area is 93.8 Å². The molecule has 0 spiro atoms. The van der Waals surface area contributed by atoms with Gasteiger partial charge in [0, 0.05) is 13.2 Å². The minimum Gasteiger partial charge on any atom is -0.383 e. The summed E-state index contributed by atoms with van der Waals surface area (Å²) in [6.45, 7) is 6.01. The molecule has 0 radical (unpaired) electrons. The molecule has 1 heterocycles. The Morgan fingerprint density at radius 2 is 2.33 bits per heavy atom. The largest absolute Gasteiger partial charge is 0.383 e. The highest BCUT2D eigenvalue weighted by atomic mass is 32.1. The number of carbonyl (C=O) groups is 1. The van der Waals surface area contributed by atoms with Crippen molar-refractivity contribution in [3.05, 3.63) is 11.3 Å². The highest BCUT2D eigenvalue weighted by molar-refractivity contribution is 7.10. The van der Waals surface area contributed by atoms with E-state index >= 15 is 0 Å². The Balaban J connectivity index is 2.81. The van der Waals surface area contributed by atoms with Crippen LogP contribution in [0, 0.1) is 6.92 Å². The van der Waals surface area contributed by atoms with Gasteiger partial charge in [-0.3, -0.25) is 4.79 Å². The Hall–Kier alpha value is -0.940. The SMILES string of the molecule is COCC(C)Nc1snc(C)c1C(C)=O. The summed E-state index contributed by atoms with van der Waals surface area (Å²) < 4.78 is 9.19. The molecular formula is C10H16N2O2S. The zero-order valence-electron chi connectivity index (χ0n) is 9.46. The molecule has 1 rings (SSSR count). The lowest BCUT2D eigenvalue weighted by Crippen LogP contribution is -2.21. The van der Waals surface area contributed by atoms with Crippen LogP contribution in [0.25, 0.3) is 0 Å². The van der Waals surface area contributed by atoms with Gasteiger partial charge >= 0.3 is 0 Å². The van der Waals surface area contributed by atoms with E-state index in [1.54, 1.807) is 14.0 Å². The van der Waals surface area contributed by atoms with E-state index < -0.39 is 0 Å². The molecule has 1 aromatic rings. The summed E-state index contributed by atoms with van der Waals surface area (Å²) in [5, 5.41) is 4.06. The molecule has 0 bridgehead atoms. The Kier molecular flexibility index (Phi) is 4.23. The number of ketones is 1. The van der Waals surface area contributed by atoms with E-state index in [9.17, 15) is 4.79 Å². The maximum absolute atomic E-state index is 11.4. The van der Waals surface area contributed by atoms with Crippen LogP contribution in [-0.4, -0.2) is 29.9 Å². The maximum Gasteiger partial charge on any atom is 0.164 e. The van der Waals surface area contributed by atoms with Crippen molar-refractivity contribution < 1.29 is 9.53 Å². The van der Waals surface area contributed by atoms with Crippen LogP contribution in [0.15, 0.2) is 0 Å². The second kappa shape index (κ2) is 5.23. The van der Waals surface area contributed by atoms with Crippen LogP contribution >= 0.6 is 11.5 Å². The average molecular weight is 228 g/mol. The molecule has 0 aliphatic carbocycles. The van der Waals surface area contributed by atoms with E-state index in [0.29, 0.717) is 12.2 Å². The van der Waals surface area contributed by atoms with Gasteiger partial charge in [-0.2, -0.15) is 4.37 Å². The molecular weight excluding hydrogens is 212 g/mol. The highest BCUT2D eigenvalue weighted by Gasteiger charge is 2.16. The van der Waals surface area contributed by atoms with Gasteiger partial charge in [-0.05, 0) is 32.3 Å². The topological polar surface area (TPSA) is 51.2 Å². The minimum atomic E-state index is 0.0494. The Morgan fingerprint density at radius 1 is 1.67 bits per heavy atom. The van der Waals surface area contributed by atoms with Crippen molar-refractivity contribution in [1.29, 1.82) is 0 Å². The number of aryl methyl sites for hydroxylation is 1. The molecule has 1 N–H and O–H groups in total. The van der Waals surface area contributed by atoms with Crippen molar-refractivity contribution in [2.24, 2.45) is 0 Å². The van der Waals surface area contributed by atoms with Gasteiger partial charge in [-0.1, -0.05) is 0 Å². The normalized spacial score (nSPS) is 12.5. The number of hydrogen-bond donors (Lipinski definition) is 1. The molecule has 0 aliphatic heterocycles. The number of methoxy groups -OCH3 is 1. The zero-order chi connectivity index (χ0) is 11.4. The van der Waals surface area contributed by atoms with Crippen molar-refractivity contribution >= 4 is 22.3 Å². The van der Waals surface area contributed by atoms with Gasteiger partial charge in [0.1, 0.15) is 5.00 Å². The molecule has 0 aliphatic rings. The van der Waals surface area contributed by atoms with Crippen LogP contribution in [0.2, 0.25) is 0 Å². The van der Waals surface area contributed by atoms with Crippen LogP contribution in [0.3, 0.4) is 0 Å². The fraction of sp³-hybridized carbons (Fsp3) is 0.600. The van der Waals surface area contributed by atoms with E-state index in [-0.39, 0.29) is 11.8 Å². The molecule has 0 amide bonds. The van der Waals surface area contributed by atoms with Gasteiger partial charge in [0.15, 0.2) is 5.78 Å². The summed E-state index contributed by atoms with van der Waals surface area (Å²) in [6.07, 6.45) is 0. The number of carbonyl (C=O) groups excluding carboxylic acids is 1. The van der Waals surface area contributed by atoms with Crippen molar-refractivity contribution in [2.45, 2.75) is 26.8 Å². The third kappa shape index (κ3) is 3.00. The first kappa shape index (κ1) is 12.1. The number of nitrogens with zero attached hydrogens (tertiary/aromatic N) is 1. The van der Waals surface area contributed by atoms with Crippen LogP contribution in [0.1, 0.15) is 29.9 Å². The molecule has 84 valence electrons. The van der Waals surface area contributed by atoms with Gasteiger partial charge in [-0.25, -0.2) is 0 Å². The van der Waals surface area contributed by atoms with Crippen molar-refractivity contribution in [3.8, 4) is 0 Å². The third-order valence-electron chi connectivity index (χ3n) is 2.01. The molecule has 0 saturated heterocycles. The fourth-order valence-electron chi connectivity index (χ4n) is 1.40. The summed E-state index contributed by atoms with van der Waals surface area (Å²) in [7, 11) is 1.65. The van der Waals surface area contributed by atoms with Gasteiger partial charge in [-0.15, -0.1) is 0 Å². The summed E-state index contributed by atoms with van der Waals surface area (Å²) in [6, 6.07) is 0.174. The van der Waals surface area contributed by atoms with Crippen LogP contribution in [-0.2, 0) is 4.74 Å². The predicted molar refractivity (Wildman–Crippen MR) is 61.8 cm³/mol. The second-order valence-electron chi connectivity index (χ2n) is 3.53. The number of aromatic nitrogens is 1. The lowest BCUT2D eigenvalue weighted by Gasteiger charge is -2.12. The highest BCUT2D eigenvalue weighted by Crippen LogP contribution is 2.25. The maximum atomic E-state index is 11.4. The quantitative estimate of drug-likeness (QED) is 0.784. The Bertz CT molecular complexity index is 349. The number of ether oxygens (including phenoxy) is 1. The standard InChI is InChI=1S/C10H16N2O2S/c1-6(5-14-4)11-10-9(8(3)13)7(2)12-15-10/h6,11H,5H2,1-4H3. The number of rotatable bonds is 5.